The van der Waals surface area contributed by atoms with Gasteiger partial charge in [0.15, 0.2) is 11.5 Å². The van der Waals surface area contributed by atoms with Gasteiger partial charge in [-0.25, -0.2) is 9.59 Å². The van der Waals surface area contributed by atoms with Crippen LogP contribution in [0.4, 0.5) is 0 Å². The van der Waals surface area contributed by atoms with Crippen molar-refractivity contribution >= 4 is 5.97 Å². The summed E-state index contributed by atoms with van der Waals surface area (Å²) in [6.07, 6.45) is 0. The van der Waals surface area contributed by atoms with E-state index >= 15 is 0 Å². The van der Waals surface area contributed by atoms with E-state index in [-0.39, 0.29) is 22.8 Å². The van der Waals surface area contributed by atoms with Gasteiger partial charge in [-0.1, -0.05) is 0 Å². The number of aryl methyl sites for hydroxylation is 1. The first-order valence-electron chi connectivity index (χ1n) is 8.56. The summed E-state index contributed by atoms with van der Waals surface area (Å²) in [5.74, 6) is -0.270. The molecule has 1 aromatic carbocycles. The molecule has 0 spiro atoms. The van der Waals surface area contributed by atoms with Crippen LogP contribution in [0.5, 0.6) is 23.0 Å². The molecule has 2 aromatic rings. The van der Waals surface area contributed by atoms with E-state index in [0.29, 0.717) is 28.6 Å². The maximum absolute atomic E-state index is 12.7. The molecular formula is C20H21NO8. The van der Waals surface area contributed by atoms with Gasteiger partial charge < -0.3 is 33.8 Å². The highest BCUT2D eigenvalue weighted by atomic mass is 16.5. The fourth-order valence-corrected chi connectivity index (χ4v) is 3.33. The third kappa shape index (κ3) is 3.35. The van der Waals surface area contributed by atoms with Gasteiger partial charge in [0.2, 0.25) is 11.6 Å². The van der Waals surface area contributed by atoms with Crippen LogP contribution < -0.4 is 30.3 Å². The van der Waals surface area contributed by atoms with Crippen LogP contribution in [-0.2, 0) is 9.53 Å². The number of carbonyl (C=O) groups is 1. The standard InChI is InChI=1S/C20H21NO8/c1-9-6-11-15(20(23)28-9)14(16(18(21)29-11)19(22)27-5)10-7-12(24-2)17(26-4)13(8-10)25-3/h6-8,14H,21H2,1-5H3/t14-/m0/s1. The summed E-state index contributed by atoms with van der Waals surface area (Å²) in [4.78, 5) is 25.2. The minimum atomic E-state index is -0.934. The molecule has 0 amide bonds. The number of hydrogen-bond donors (Lipinski definition) is 1. The second kappa shape index (κ2) is 7.78. The van der Waals surface area contributed by atoms with Gasteiger partial charge in [-0.05, 0) is 24.6 Å². The molecule has 0 fully saturated rings. The Kier molecular flexibility index (Phi) is 5.40. The smallest absolute Gasteiger partial charge is 0.343 e. The molecule has 0 saturated carbocycles. The van der Waals surface area contributed by atoms with Crippen molar-refractivity contribution in [2.24, 2.45) is 5.73 Å². The van der Waals surface area contributed by atoms with Crippen molar-refractivity contribution in [2.75, 3.05) is 28.4 Å². The van der Waals surface area contributed by atoms with Crippen LogP contribution in [0, 0.1) is 6.92 Å². The molecule has 1 aliphatic heterocycles. The Balaban J connectivity index is 2.36. The molecule has 1 aliphatic rings. The van der Waals surface area contributed by atoms with Crippen LogP contribution in [0.15, 0.2) is 38.9 Å². The first kappa shape index (κ1) is 20.1. The van der Waals surface area contributed by atoms with Gasteiger partial charge in [-0.2, -0.15) is 0 Å². The van der Waals surface area contributed by atoms with E-state index in [0.717, 1.165) is 0 Å². The first-order valence-corrected chi connectivity index (χ1v) is 8.56. The second-order valence-electron chi connectivity index (χ2n) is 6.19. The summed E-state index contributed by atoms with van der Waals surface area (Å²) in [6.45, 7) is 1.61. The topological polar surface area (TPSA) is 119 Å². The van der Waals surface area contributed by atoms with E-state index in [2.05, 4.69) is 0 Å². The fraction of sp³-hybridized carbons (Fsp3) is 0.300. The number of hydrogen-bond acceptors (Lipinski definition) is 9. The molecule has 0 saturated heterocycles. The van der Waals surface area contributed by atoms with Crippen LogP contribution in [0.1, 0.15) is 22.8 Å². The maximum Gasteiger partial charge on any atom is 0.343 e. The molecule has 0 radical (unpaired) electrons. The number of carbonyl (C=O) groups excluding carboxylic acids is 1. The van der Waals surface area contributed by atoms with Crippen molar-refractivity contribution in [3.05, 3.63) is 57.0 Å². The van der Waals surface area contributed by atoms with E-state index in [1.54, 1.807) is 19.1 Å². The number of benzene rings is 1. The molecule has 9 heteroatoms. The zero-order valence-corrected chi connectivity index (χ0v) is 16.7. The fourth-order valence-electron chi connectivity index (χ4n) is 3.33. The van der Waals surface area contributed by atoms with Crippen LogP contribution in [-0.4, -0.2) is 34.4 Å². The van der Waals surface area contributed by atoms with Crippen LogP contribution in [0.3, 0.4) is 0 Å². The van der Waals surface area contributed by atoms with E-state index in [1.165, 1.54) is 34.5 Å². The summed E-state index contributed by atoms with van der Waals surface area (Å²) in [6, 6.07) is 4.77. The van der Waals surface area contributed by atoms with E-state index < -0.39 is 17.5 Å². The maximum atomic E-state index is 12.7. The van der Waals surface area contributed by atoms with E-state index in [9.17, 15) is 9.59 Å². The summed E-state index contributed by atoms with van der Waals surface area (Å²) in [7, 11) is 5.60. The Morgan fingerprint density at radius 2 is 1.66 bits per heavy atom. The molecule has 3 rings (SSSR count). The lowest BCUT2D eigenvalue weighted by Crippen LogP contribution is -2.30. The molecule has 2 N–H and O–H groups in total. The van der Waals surface area contributed by atoms with Crippen LogP contribution in [0.2, 0.25) is 0 Å². The number of methoxy groups -OCH3 is 4. The minimum absolute atomic E-state index is 0.0366. The van der Waals surface area contributed by atoms with Crippen molar-refractivity contribution in [1.82, 2.24) is 0 Å². The van der Waals surface area contributed by atoms with Gasteiger partial charge in [0, 0.05) is 6.07 Å². The van der Waals surface area contributed by atoms with Gasteiger partial charge >= 0.3 is 11.6 Å². The van der Waals surface area contributed by atoms with E-state index in [4.69, 9.17) is 33.8 Å². The van der Waals surface area contributed by atoms with Crippen molar-refractivity contribution < 1.29 is 32.9 Å². The highest BCUT2D eigenvalue weighted by molar-refractivity contribution is 5.92. The molecule has 1 atom stereocenters. The number of ether oxygens (including phenoxy) is 5. The Labute approximate surface area is 166 Å². The highest BCUT2D eigenvalue weighted by Crippen LogP contribution is 2.46. The van der Waals surface area contributed by atoms with E-state index in [1.807, 2.05) is 0 Å². The largest absolute Gasteiger partial charge is 0.493 e. The molecular weight excluding hydrogens is 382 g/mol. The molecule has 1 aromatic heterocycles. The predicted molar refractivity (Wildman–Crippen MR) is 102 cm³/mol. The van der Waals surface area contributed by atoms with Gasteiger partial charge in [0.05, 0.1) is 39.9 Å². The Hall–Kier alpha value is -3.62. The molecule has 0 bridgehead atoms. The lowest BCUT2D eigenvalue weighted by atomic mass is 9.83. The number of nitrogens with two attached hydrogens (primary N) is 1. The molecule has 0 unspecified atom stereocenters. The average Bonchev–Trinajstić information content (AvgIpc) is 2.70. The number of esters is 1. The quantitative estimate of drug-likeness (QED) is 0.746. The lowest BCUT2D eigenvalue weighted by Gasteiger charge is -2.28. The van der Waals surface area contributed by atoms with Gasteiger partial charge in [-0.15, -0.1) is 0 Å². The predicted octanol–water partition coefficient (Wildman–Crippen LogP) is 1.84. The monoisotopic (exact) mass is 403 g/mol. The molecule has 9 nitrogen and oxygen atoms in total. The average molecular weight is 403 g/mol. The Morgan fingerprint density at radius 3 is 2.17 bits per heavy atom. The van der Waals surface area contributed by atoms with Gasteiger partial charge in [0.1, 0.15) is 17.1 Å². The summed E-state index contributed by atoms with van der Waals surface area (Å²) >= 11 is 0. The first-order chi connectivity index (χ1) is 13.9. The SMILES string of the molecule is COC(=O)C1=C(N)Oc2cc(C)oc(=O)c2[C@@H]1c1cc(OC)c(OC)c(OC)c1. The number of fused-ring (bicyclic) bond motifs is 1. The number of rotatable bonds is 5. The highest BCUT2D eigenvalue weighted by Gasteiger charge is 2.39. The van der Waals surface area contributed by atoms with Crippen molar-refractivity contribution in [3.63, 3.8) is 0 Å². The molecule has 154 valence electrons. The molecule has 2 heterocycles. The zero-order valence-electron chi connectivity index (χ0n) is 16.7. The second-order valence-corrected chi connectivity index (χ2v) is 6.19. The normalized spacial score (nSPS) is 15.3. The van der Waals surface area contributed by atoms with Gasteiger partial charge in [0.25, 0.3) is 0 Å². The lowest BCUT2D eigenvalue weighted by molar-refractivity contribution is -0.136. The van der Waals surface area contributed by atoms with Crippen molar-refractivity contribution in [3.8, 4) is 23.0 Å². The van der Waals surface area contributed by atoms with Crippen molar-refractivity contribution in [1.29, 1.82) is 0 Å². The zero-order chi connectivity index (χ0) is 21.3. The van der Waals surface area contributed by atoms with Crippen LogP contribution >= 0.6 is 0 Å². The van der Waals surface area contributed by atoms with Gasteiger partial charge in [-0.3, -0.25) is 0 Å². The van der Waals surface area contributed by atoms with Crippen molar-refractivity contribution in [2.45, 2.75) is 12.8 Å². The minimum Gasteiger partial charge on any atom is -0.493 e. The summed E-state index contributed by atoms with van der Waals surface area (Å²) in [5, 5.41) is 0. The molecule has 0 aliphatic carbocycles. The third-order valence-corrected chi connectivity index (χ3v) is 4.56. The Bertz CT molecular complexity index is 1030. The molecule has 29 heavy (non-hydrogen) atoms. The summed E-state index contributed by atoms with van der Waals surface area (Å²) in [5.41, 5.74) is 5.92. The van der Waals surface area contributed by atoms with Crippen LogP contribution in [0.25, 0.3) is 0 Å². The Morgan fingerprint density at radius 1 is 1.03 bits per heavy atom. The third-order valence-electron chi connectivity index (χ3n) is 4.56. The summed E-state index contributed by atoms with van der Waals surface area (Å²) < 4.78 is 31.8.